The molecule has 0 spiro atoms. The van der Waals surface area contributed by atoms with Crippen LogP contribution in [-0.4, -0.2) is 15.0 Å². The van der Waals surface area contributed by atoms with E-state index in [-0.39, 0.29) is 0 Å². The van der Waals surface area contributed by atoms with Gasteiger partial charge in [0.1, 0.15) is 17.5 Å². The SMILES string of the molecule is Cc1nc(N)c(C)c(Nc2cccc3cnccc23)n1. The van der Waals surface area contributed by atoms with E-state index in [9.17, 15) is 0 Å². The van der Waals surface area contributed by atoms with Crippen molar-refractivity contribution in [2.24, 2.45) is 0 Å². The Balaban J connectivity index is 2.10. The first-order valence-corrected chi connectivity index (χ1v) is 6.35. The van der Waals surface area contributed by atoms with Crippen LogP contribution >= 0.6 is 0 Å². The Morgan fingerprint density at radius 3 is 2.80 bits per heavy atom. The molecule has 20 heavy (non-hydrogen) atoms. The Kier molecular flexibility index (Phi) is 2.95. The lowest BCUT2D eigenvalue weighted by molar-refractivity contribution is 1.05. The van der Waals surface area contributed by atoms with Crippen LogP contribution in [0.5, 0.6) is 0 Å². The molecule has 0 unspecified atom stereocenters. The van der Waals surface area contributed by atoms with Gasteiger partial charge in [-0.2, -0.15) is 0 Å². The third-order valence-electron chi connectivity index (χ3n) is 3.23. The van der Waals surface area contributed by atoms with E-state index < -0.39 is 0 Å². The van der Waals surface area contributed by atoms with E-state index in [1.54, 1.807) is 6.20 Å². The summed E-state index contributed by atoms with van der Waals surface area (Å²) < 4.78 is 0. The number of nitrogens with zero attached hydrogens (tertiary/aromatic N) is 3. The van der Waals surface area contributed by atoms with Crippen LogP contribution < -0.4 is 11.1 Å². The van der Waals surface area contributed by atoms with Gasteiger partial charge in [-0.1, -0.05) is 12.1 Å². The zero-order chi connectivity index (χ0) is 14.1. The van der Waals surface area contributed by atoms with Crippen molar-refractivity contribution in [1.82, 2.24) is 15.0 Å². The van der Waals surface area contributed by atoms with Gasteiger partial charge in [0.05, 0.1) is 0 Å². The van der Waals surface area contributed by atoms with Gasteiger partial charge in [0, 0.05) is 34.4 Å². The number of benzene rings is 1. The van der Waals surface area contributed by atoms with E-state index in [1.165, 1.54) is 0 Å². The first-order chi connectivity index (χ1) is 9.65. The number of aromatic nitrogens is 3. The number of pyridine rings is 1. The third-order valence-corrected chi connectivity index (χ3v) is 3.23. The third kappa shape index (κ3) is 2.14. The van der Waals surface area contributed by atoms with Gasteiger partial charge in [-0.15, -0.1) is 0 Å². The minimum absolute atomic E-state index is 0.502. The van der Waals surface area contributed by atoms with Crippen LogP contribution in [-0.2, 0) is 0 Å². The molecule has 0 aliphatic carbocycles. The molecular formula is C15H15N5. The van der Waals surface area contributed by atoms with Gasteiger partial charge < -0.3 is 11.1 Å². The minimum atomic E-state index is 0.502. The zero-order valence-electron chi connectivity index (χ0n) is 11.4. The Morgan fingerprint density at radius 1 is 1.10 bits per heavy atom. The molecule has 0 radical (unpaired) electrons. The van der Waals surface area contributed by atoms with E-state index in [4.69, 9.17) is 5.73 Å². The molecule has 5 heteroatoms. The lowest BCUT2D eigenvalue weighted by Crippen LogP contribution is -2.05. The van der Waals surface area contributed by atoms with Crippen LogP contribution in [0.4, 0.5) is 17.3 Å². The topological polar surface area (TPSA) is 76.7 Å². The maximum absolute atomic E-state index is 5.89. The lowest BCUT2D eigenvalue weighted by atomic mass is 10.1. The quantitative estimate of drug-likeness (QED) is 0.745. The normalized spacial score (nSPS) is 10.7. The van der Waals surface area contributed by atoms with Crippen molar-refractivity contribution < 1.29 is 0 Å². The summed E-state index contributed by atoms with van der Waals surface area (Å²) in [6, 6.07) is 8.00. The van der Waals surface area contributed by atoms with Crippen LogP contribution in [0.3, 0.4) is 0 Å². The lowest BCUT2D eigenvalue weighted by Gasteiger charge is -2.12. The molecule has 0 fully saturated rings. The number of hydrogen-bond acceptors (Lipinski definition) is 5. The highest BCUT2D eigenvalue weighted by Gasteiger charge is 2.08. The van der Waals surface area contributed by atoms with Crippen molar-refractivity contribution in [3.63, 3.8) is 0 Å². The van der Waals surface area contributed by atoms with E-state index in [1.807, 2.05) is 44.3 Å². The van der Waals surface area contributed by atoms with Crippen LogP contribution in [0.15, 0.2) is 36.7 Å². The number of fused-ring (bicyclic) bond motifs is 1. The molecule has 2 aromatic heterocycles. The van der Waals surface area contributed by atoms with Gasteiger partial charge in [0.2, 0.25) is 0 Å². The summed E-state index contributed by atoms with van der Waals surface area (Å²) in [5.74, 6) is 1.89. The summed E-state index contributed by atoms with van der Waals surface area (Å²) in [6.45, 7) is 3.73. The summed E-state index contributed by atoms with van der Waals surface area (Å²) >= 11 is 0. The Labute approximate surface area is 116 Å². The minimum Gasteiger partial charge on any atom is -0.383 e. The standard InChI is InChI=1S/C15H15N5/c1-9-14(16)18-10(2)19-15(9)20-13-5-3-4-11-8-17-7-6-12(11)13/h3-8H,1-2H3,(H3,16,18,19,20). The zero-order valence-corrected chi connectivity index (χ0v) is 11.4. The van der Waals surface area contributed by atoms with Crippen LogP contribution in [0, 0.1) is 13.8 Å². The molecule has 1 aromatic carbocycles. The van der Waals surface area contributed by atoms with E-state index in [0.717, 1.165) is 27.8 Å². The molecule has 0 bridgehead atoms. The van der Waals surface area contributed by atoms with Gasteiger partial charge in [-0.25, -0.2) is 9.97 Å². The predicted molar refractivity (Wildman–Crippen MR) is 80.9 cm³/mol. The highest BCUT2D eigenvalue weighted by atomic mass is 15.1. The molecule has 100 valence electrons. The van der Waals surface area contributed by atoms with E-state index in [2.05, 4.69) is 20.3 Å². The molecule has 3 rings (SSSR count). The fraction of sp³-hybridized carbons (Fsp3) is 0.133. The van der Waals surface area contributed by atoms with Crippen molar-refractivity contribution in [2.45, 2.75) is 13.8 Å². The summed E-state index contributed by atoms with van der Waals surface area (Å²) in [4.78, 5) is 12.7. The predicted octanol–water partition coefficient (Wildman–Crippen LogP) is 2.97. The molecule has 2 heterocycles. The summed E-state index contributed by atoms with van der Waals surface area (Å²) in [5.41, 5.74) is 7.71. The van der Waals surface area contributed by atoms with Gasteiger partial charge in [0.15, 0.2) is 0 Å². The molecule has 0 aliphatic heterocycles. The second-order valence-electron chi connectivity index (χ2n) is 4.66. The first kappa shape index (κ1) is 12.3. The first-order valence-electron chi connectivity index (χ1n) is 6.35. The van der Waals surface area contributed by atoms with Crippen molar-refractivity contribution in [2.75, 3.05) is 11.1 Å². The molecule has 0 saturated carbocycles. The molecule has 0 saturated heterocycles. The highest BCUT2D eigenvalue weighted by Crippen LogP contribution is 2.27. The van der Waals surface area contributed by atoms with Crippen molar-refractivity contribution in [3.05, 3.63) is 48.0 Å². The molecule has 0 amide bonds. The fourth-order valence-electron chi connectivity index (χ4n) is 2.13. The average molecular weight is 265 g/mol. The molecule has 0 atom stereocenters. The number of nitrogen functional groups attached to an aromatic ring is 1. The molecule has 3 aromatic rings. The summed E-state index contributed by atoms with van der Waals surface area (Å²) in [5, 5.41) is 5.51. The highest BCUT2D eigenvalue weighted by molar-refractivity contribution is 5.94. The van der Waals surface area contributed by atoms with Crippen molar-refractivity contribution in [3.8, 4) is 0 Å². The summed E-state index contributed by atoms with van der Waals surface area (Å²) in [6.07, 6.45) is 3.62. The smallest absolute Gasteiger partial charge is 0.139 e. The van der Waals surface area contributed by atoms with Crippen LogP contribution in [0.1, 0.15) is 11.4 Å². The maximum atomic E-state index is 5.89. The van der Waals surface area contributed by atoms with Crippen LogP contribution in [0.2, 0.25) is 0 Å². The number of nitrogens with one attached hydrogen (secondary N) is 1. The second-order valence-corrected chi connectivity index (χ2v) is 4.66. The average Bonchev–Trinajstić information content (AvgIpc) is 2.44. The Bertz CT molecular complexity index is 777. The Morgan fingerprint density at radius 2 is 1.95 bits per heavy atom. The van der Waals surface area contributed by atoms with E-state index >= 15 is 0 Å². The van der Waals surface area contributed by atoms with Gasteiger partial charge in [-0.3, -0.25) is 4.98 Å². The largest absolute Gasteiger partial charge is 0.383 e. The monoisotopic (exact) mass is 265 g/mol. The number of nitrogens with two attached hydrogens (primary N) is 1. The second kappa shape index (κ2) is 4.77. The maximum Gasteiger partial charge on any atom is 0.139 e. The van der Waals surface area contributed by atoms with E-state index in [0.29, 0.717) is 11.6 Å². The summed E-state index contributed by atoms with van der Waals surface area (Å²) in [7, 11) is 0. The number of anilines is 3. The van der Waals surface area contributed by atoms with Crippen LogP contribution in [0.25, 0.3) is 10.8 Å². The van der Waals surface area contributed by atoms with Gasteiger partial charge >= 0.3 is 0 Å². The van der Waals surface area contributed by atoms with Gasteiger partial charge in [0.25, 0.3) is 0 Å². The van der Waals surface area contributed by atoms with Gasteiger partial charge in [-0.05, 0) is 26.0 Å². The molecule has 3 N–H and O–H groups in total. The molecule has 5 nitrogen and oxygen atoms in total. The number of hydrogen-bond donors (Lipinski definition) is 2. The fourth-order valence-corrected chi connectivity index (χ4v) is 2.13. The number of aryl methyl sites for hydroxylation is 1. The Hall–Kier alpha value is -2.69. The van der Waals surface area contributed by atoms with Crippen molar-refractivity contribution in [1.29, 1.82) is 0 Å². The molecular weight excluding hydrogens is 250 g/mol. The molecule has 0 aliphatic rings. The van der Waals surface area contributed by atoms with Crippen molar-refractivity contribution >= 4 is 28.1 Å². The number of rotatable bonds is 2.